The van der Waals surface area contributed by atoms with E-state index in [1.54, 1.807) is 14.0 Å². The predicted octanol–water partition coefficient (Wildman–Crippen LogP) is 1.24. The summed E-state index contributed by atoms with van der Waals surface area (Å²) in [6.45, 7) is 7.82. The number of hydrazone groups is 1. The van der Waals surface area contributed by atoms with Gasteiger partial charge in [0.1, 0.15) is 11.4 Å². The molecule has 1 aromatic carbocycles. The van der Waals surface area contributed by atoms with Crippen molar-refractivity contribution in [2.75, 3.05) is 25.9 Å². The molecule has 0 saturated carbocycles. The highest BCUT2D eigenvalue weighted by atomic mass is 16.6. The fraction of sp³-hybridized carbons (Fsp3) is 0.368. The molecule has 12 heteroatoms. The van der Waals surface area contributed by atoms with Crippen molar-refractivity contribution in [2.45, 2.75) is 27.3 Å². The van der Waals surface area contributed by atoms with Crippen LogP contribution < -0.4 is 15.9 Å². The third-order valence-corrected chi connectivity index (χ3v) is 4.75. The van der Waals surface area contributed by atoms with Crippen LogP contribution in [-0.2, 0) is 6.54 Å². The Bertz CT molecular complexity index is 1050. The fourth-order valence-corrected chi connectivity index (χ4v) is 2.88. The van der Waals surface area contributed by atoms with Crippen molar-refractivity contribution in [3.63, 3.8) is 0 Å². The number of aromatic nitrogens is 5. The molecular formula is C19H25N9O3. The molecule has 2 aromatic heterocycles. The molecule has 2 heterocycles. The maximum absolute atomic E-state index is 13.1. The summed E-state index contributed by atoms with van der Waals surface area (Å²) in [5.41, 5.74) is 10.4. The molecule has 3 rings (SSSR count). The minimum Gasteiger partial charge on any atom is -0.497 e. The van der Waals surface area contributed by atoms with E-state index in [1.807, 2.05) is 38.1 Å². The van der Waals surface area contributed by atoms with Crippen LogP contribution in [0.5, 0.6) is 5.75 Å². The number of amides is 1. The van der Waals surface area contributed by atoms with Gasteiger partial charge in [-0.3, -0.25) is 9.69 Å². The summed E-state index contributed by atoms with van der Waals surface area (Å²) in [5, 5.41) is 19.7. The van der Waals surface area contributed by atoms with Gasteiger partial charge in [0.05, 0.1) is 12.8 Å². The molecule has 0 saturated heterocycles. The number of nitrogens with one attached hydrogen (secondary N) is 1. The number of carbonyl (C=O) groups excluding carboxylic acids is 1. The first-order valence-electron chi connectivity index (χ1n) is 9.72. The van der Waals surface area contributed by atoms with Crippen molar-refractivity contribution < 1.29 is 14.2 Å². The molecule has 0 unspecified atom stereocenters. The number of ether oxygens (including phenoxy) is 1. The number of benzene rings is 1. The summed E-state index contributed by atoms with van der Waals surface area (Å²) in [6.07, 6.45) is 0. The molecule has 3 N–H and O–H groups in total. The standard InChI is InChI=1S/C19H25N9O3/c1-5-27(6-2)11-15-16(28(26-22-15)18-17(20)24-31-25-18)19(29)23-21-12(3)13-7-9-14(30-4)10-8-13/h7-10H,5-6,11H2,1-4H3,(H2,20,24)(H,23,29)/b21-12+. The second kappa shape index (κ2) is 9.80. The Balaban J connectivity index is 1.90. The molecule has 0 fully saturated rings. The van der Waals surface area contributed by atoms with Gasteiger partial charge in [0.15, 0.2) is 5.69 Å². The van der Waals surface area contributed by atoms with Gasteiger partial charge in [-0.15, -0.1) is 5.10 Å². The number of anilines is 1. The molecule has 0 radical (unpaired) electrons. The highest BCUT2D eigenvalue weighted by Gasteiger charge is 2.25. The molecule has 0 aliphatic rings. The first kappa shape index (κ1) is 21.9. The molecule has 164 valence electrons. The van der Waals surface area contributed by atoms with Crippen LogP contribution >= 0.6 is 0 Å². The van der Waals surface area contributed by atoms with Gasteiger partial charge in [-0.1, -0.05) is 19.1 Å². The SMILES string of the molecule is CCN(CC)Cc1nnn(-c2nonc2N)c1C(=O)N/N=C(\C)c1ccc(OC)cc1. The van der Waals surface area contributed by atoms with Crippen LogP contribution in [-0.4, -0.2) is 62.0 Å². The van der Waals surface area contributed by atoms with Crippen molar-refractivity contribution in [2.24, 2.45) is 5.10 Å². The molecule has 0 aliphatic heterocycles. The average molecular weight is 427 g/mol. The molecule has 3 aromatic rings. The van der Waals surface area contributed by atoms with E-state index in [-0.39, 0.29) is 17.3 Å². The van der Waals surface area contributed by atoms with Gasteiger partial charge in [0.25, 0.3) is 5.91 Å². The summed E-state index contributed by atoms with van der Waals surface area (Å²) in [5.74, 6) is 0.295. The number of nitrogens with two attached hydrogens (primary N) is 1. The predicted molar refractivity (Wildman–Crippen MR) is 113 cm³/mol. The molecule has 0 aliphatic carbocycles. The van der Waals surface area contributed by atoms with Crippen molar-refractivity contribution in [1.29, 1.82) is 0 Å². The zero-order valence-electron chi connectivity index (χ0n) is 17.9. The van der Waals surface area contributed by atoms with E-state index in [2.05, 4.69) is 40.7 Å². The van der Waals surface area contributed by atoms with Gasteiger partial charge in [-0.05, 0) is 60.2 Å². The molecule has 0 bridgehead atoms. The quantitative estimate of drug-likeness (QED) is 0.380. The Hall–Kier alpha value is -3.80. The number of carbonyl (C=O) groups is 1. The Labute approximate surface area is 179 Å². The van der Waals surface area contributed by atoms with Crippen LogP contribution in [0, 0.1) is 0 Å². The third-order valence-electron chi connectivity index (χ3n) is 4.75. The summed E-state index contributed by atoms with van der Waals surface area (Å²) in [7, 11) is 1.60. The van der Waals surface area contributed by atoms with Crippen molar-refractivity contribution >= 4 is 17.4 Å². The van der Waals surface area contributed by atoms with E-state index in [9.17, 15) is 4.79 Å². The van der Waals surface area contributed by atoms with Gasteiger partial charge in [-0.25, -0.2) is 10.1 Å². The minimum absolute atomic E-state index is 0.00810. The number of methoxy groups -OCH3 is 1. The summed E-state index contributed by atoms with van der Waals surface area (Å²) in [6, 6.07) is 7.34. The van der Waals surface area contributed by atoms with Gasteiger partial charge in [-0.2, -0.15) is 9.78 Å². The van der Waals surface area contributed by atoms with Gasteiger partial charge in [0.2, 0.25) is 11.6 Å². The van der Waals surface area contributed by atoms with E-state index >= 15 is 0 Å². The fourth-order valence-electron chi connectivity index (χ4n) is 2.88. The maximum Gasteiger partial charge on any atom is 0.292 e. The zero-order valence-corrected chi connectivity index (χ0v) is 17.9. The van der Waals surface area contributed by atoms with E-state index in [0.29, 0.717) is 18.0 Å². The lowest BCUT2D eigenvalue weighted by molar-refractivity contribution is 0.0944. The molecular weight excluding hydrogens is 402 g/mol. The Morgan fingerprint density at radius 1 is 1.26 bits per heavy atom. The van der Waals surface area contributed by atoms with Crippen molar-refractivity contribution in [3.05, 3.63) is 41.2 Å². The topological polar surface area (TPSA) is 150 Å². The highest BCUT2D eigenvalue weighted by Crippen LogP contribution is 2.17. The molecule has 1 amide bonds. The van der Waals surface area contributed by atoms with Crippen LogP contribution in [0.2, 0.25) is 0 Å². The second-order valence-electron chi connectivity index (χ2n) is 6.60. The zero-order chi connectivity index (χ0) is 22.4. The Kier molecular flexibility index (Phi) is 6.92. The van der Waals surface area contributed by atoms with Crippen LogP contribution in [0.25, 0.3) is 5.82 Å². The summed E-state index contributed by atoms with van der Waals surface area (Å²) >= 11 is 0. The smallest absolute Gasteiger partial charge is 0.292 e. The summed E-state index contributed by atoms with van der Waals surface area (Å²) < 4.78 is 11.0. The van der Waals surface area contributed by atoms with Crippen LogP contribution in [0.4, 0.5) is 5.82 Å². The van der Waals surface area contributed by atoms with E-state index < -0.39 is 5.91 Å². The number of nitrogen functional groups attached to an aromatic ring is 1. The molecule has 0 spiro atoms. The molecule has 31 heavy (non-hydrogen) atoms. The normalized spacial score (nSPS) is 11.7. The van der Waals surface area contributed by atoms with Crippen LogP contribution in [0.15, 0.2) is 34.0 Å². The van der Waals surface area contributed by atoms with E-state index in [0.717, 1.165) is 24.4 Å². The minimum atomic E-state index is -0.512. The molecule has 0 atom stereocenters. The summed E-state index contributed by atoms with van der Waals surface area (Å²) in [4.78, 5) is 15.2. The third kappa shape index (κ3) is 4.86. The Morgan fingerprint density at radius 3 is 2.55 bits per heavy atom. The van der Waals surface area contributed by atoms with Crippen molar-refractivity contribution in [3.8, 4) is 11.6 Å². The van der Waals surface area contributed by atoms with E-state index in [1.165, 1.54) is 4.68 Å². The largest absolute Gasteiger partial charge is 0.497 e. The van der Waals surface area contributed by atoms with E-state index in [4.69, 9.17) is 10.5 Å². The van der Waals surface area contributed by atoms with Crippen LogP contribution in [0.3, 0.4) is 0 Å². The lowest BCUT2D eigenvalue weighted by Gasteiger charge is -2.16. The first-order valence-corrected chi connectivity index (χ1v) is 9.72. The molecule has 12 nitrogen and oxygen atoms in total. The van der Waals surface area contributed by atoms with Crippen LogP contribution in [0.1, 0.15) is 42.5 Å². The highest BCUT2D eigenvalue weighted by molar-refractivity contribution is 6.00. The monoisotopic (exact) mass is 427 g/mol. The maximum atomic E-state index is 13.1. The first-order chi connectivity index (χ1) is 15.0. The number of nitrogens with zero attached hydrogens (tertiary/aromatic N) is 7. The lowest BCUT2D eigenvalue weighted by Crippen LogP contribution is -2.27. The van der Waals surface area contributed by atoms with Gasteiger partial charge >= 0.3 is 0 Å². The Morgan fingerprint density at radius 2 is 1.97 bits per heavy atom. The number of rotatable bonds is 9. The lowest BCUT2D eigenvalue weighted by atomic mass is 10.1. The van der Waals surface area contributed by atoms with Gasteiger partial charge in [0, 0.05) is 6.54 Å². The number of hydrogen-bond donors (Lipinski definition) is 2. The van der Waals surface area contributed by atoms with Gasteiger partial charge < -0.3 is 10.5 Å². The second-order valence-corrected chi connectivity index (χ2v) is 6.60. The van der Waals surface area contributed by atoms with Crippen molar-refractivity contribution in [1.82, 2.24) is 35.6 Å². The average Bonchev–Trinajstić information content (AvgIpc) is 3.41. The number of hydrogen-bond acceptors (Lipinski definition) is 10.